The van der Waals surface area contributed by atoms with Crippen LogP contribution in [0.4, 0.5) is 0 Å². The number of nitrogens with zero attached hydrogens (tertiary/aromatic N) is 1. The lowest BCUT2D eigenvalue weighted by atomic mass is 9.96. The Kier molecular flexibility index (Phi) is 4.15. The van der Waals surface area contributed by atoms with Gasteiger partial charge in [-0.1, -0.05) is 30.3 Å². The topological polar surface area (TPSA) is 49.5 Å². The molecule has 0 amide bonds. The van der Waals surface area contributed by atoms with Crippen LogP contribution in [0.1, 0.15) is 18.9 Å². The SMILES string of the molecule is CC(O)C1C(CN)CCN1Cc1ccccc1. The Morgan fingerprint density at radius 3 is 2.71 bits per heavy atom. The summed E-state index contributed by atoms with van der Waals surface area (Å²) in [5, 5.41) is 9.90. The van der Waals surface area contributed by atoms with Crippen LogP contribution in [0.25, 0.3) is 0 Å². The van der Waals surface area contributed by atoms with E-state index in [9.17, 15) is 5.11 Å². The third-order valence-corrected chi connectivity index (χ3v) is 3.72. The summed E-state index contributed by atoms with van der Waals surface area (Å²) in [6.45, 7) is 4.48. The molecule has 1 aliphatic rings. The minimum atomic E-state index is -0.310. The highest BCUT2D eigenvalue weighted by Crippen LogP contribution is 2.27. The van der Waals surface area contributed by atoms with Gasteiger partial charge in [0.25, 0.3) is 0 Å². The molecule has 0 saturated carbocycles. The van der Waals surface area contributed by atoms with Crippen LogP contribution in [-0.4, -0.2) is 35.2 Å². The quantitative estimate of drug-likeness (QED) is 0.823. The van der Waals surface area contributed by atoms with E-state index >= 15 is 0 Å². The Bertz CT molecular complexity index is 339. The molecule has 3 nitrogen and oxygen atoms in total. The zero-order chi connectivity index (χ0) is 12.3. The molecule has 1 fully saturated rings. The van der Waals surface area contributed by atoms with Gasteiger partial charge >= 0.3 is 0 Å². The number of hydrogen-bond acceptors (Lipinski definition) is 3. The number of nitrogens with two attached hydrogens (primary N) is 1. The summed E-state index contributed by atoms with van der Waals surface area (Å²) in [6, 6.07) is 10.6. The predicted octanol–water partition coefficient (Wildman–Crippen LogP) is 1.22. The van der Waals surface area contributed by atoms with Gasteiger partial charge in [-0.05, 0) is 37.9 Å². The van der Waals surface area contributed by atoms with Crippen LogP contribution in [0.3, 0.4) is 0 Å². The average molecular weight is 234 g/mol. The number of rotatable bonds is 4. The molecular formula is C14H22N2O. The third kappa shape index (κ3) is 2.86. The Morgan fingerprint density at radius 1 is 1.41 bits per heavy atom. The molecule has 0 radical (unpaired) electrons. The van der Waals surface area contributed by atoms with Gasteiger partial charge < -0.3 is 10.8 Å². The summed E-state index contributed by atoms with van der Waals surface area (Å²) < 4.78 is 0. The molecule has 3 unspecified atom stereocenters. The first kappa shape index (κ1) is 12.6. The zero-order valence-corrected chi connectivity index (χ0v) is 10.4. The molecule has 0 bridgehead atoms. The minimum absolute atomic E-state index is 0.209. The van der Waals surface area contributed by atoms with E-state index in [4.69, 9.17) is 5.73 Å². The van der Waals surface area contributed by atoms with Gasteiger partial charge in [0, 0.05) is 12.6 Å². The molecule has 17 heavy (non-hydrogen) atoms. The van der Waals surface area contributed by atoms with Crippen LogP contribution in [0, 0.1) is 5.92 Å². The van der Waals surface area contributed by atoms with Crippen molar-refractivity contribution >= 4 is 0 Å². The Balaban J connectivity index is 2.05. The van der Waals surface area contributed by atoms with Crippen molar-refractivity contribution in [1.82, 2.24) is 4.90 Å². The van der Waals surface area contributed by atoms with Gasteiger partial charge in [0.15, 0.2) is 0 Å². The maximum absolute atomic E-state index is 9.90. The first-order valence-electron chi connectivity index (χ1n) is 6.38. The smallest absolute Gasteiger partial charge is 0.0670 e. The van der Waals surface area contributed by atoms with E-state index in [1.54, 1.807) is 0 Å². The molecule has 2 rings (SSSR count). The van der Waals surface area contributed by atoms with Gasteiger partial charge in [-0.25, -0.2) is 0 Å². The molecule has 1 aromatic rings. The minimum Gasteiger partial charge on any atom is -0.392 e. The third-order valence-electron chi connectivity index (χ3n) is 3.72. The van der Waals surface area contributed by atoms with Crippen LogP contribution in [-0.2, 0) is 6.54 Å². The number of likely N-dealkylation sites (tertiary alicyclic amines) is 1. The average Bonchev–Trinajstić information content (AvgIpc) is 2.73. The number of benzene rings is 1. The lowest BCUT2D eigenvalue weighted by Crippen LogP contribution is -2.42. The van der Waals surface area contributed by atoms with Crippen LogP contribution in [0.2, 0.25) is 0 Å². The molecule has 3 N–H and O–H groups in total. The van der Waals surface area contributed by atoms with Crippen molar-refractivity contribution in [2.75, 3.05) is 13.1 Å². The highest BCUT2D eigenvalue weighted by atomic mass is 16.3. The summed E-state index contributed by atoms with van der Waals surface area (Å²) in [4.78, 5) is 2.36. The lowest BCUT2D eigenvalue weighted by molar-refractivity contribution is 0.0639. The molecule has 3 heteroatoms. The maximum Gasteiger partial charge on any atom is 0.0670 e. The van der Waals surface area contributed by atoms with Crippen molar-refractivity contribution in [3.63, 3.8) is 0 Å². The first-order valence-corrected chi connectivity index (χ1v) is 6.38. The van der Waals surface area contributed by atoms with E-state index in [1.165, 1.54) is 5.56 Å². The molecule has 1 aliphatic heterocycles. The van der Waals surface area contributed by atoms with E-state index < -0.39 is 0 Å². The van der Waals surface area contributed by atoms with E-state index in [-0.39, 0.29) is 12.1 Å². The van der Waals surface area contributed by atoms with Crippen LogP contribution >= 0.6 is 0 Å². The second-order valence-corrected chi connectivity index (χ2v) is 4.97. The highest BCUT2D eigenvalue weighted by Gasteiger charge is 2.35. The van der Waals surface area contributed by atoms with Crippen LogP contribution in [0.15, 0.2) is 30.3 Å². The summed E-state index contributed by atoms with van der Waals surface area (Å²) >= 11 is 0. The second kappa shape index (κ2) is 5.63. The van der Waals surface area contributed by atoms with E-state index in [2.05, 4.69) is 29.2 Å². The number of aliphatic hydroxyl groups excluding tert-OH is 1. The van der Waals surface area contributed by atoms with Gasteiger partial charge in [-0.3, -0.25) is 4.90 Å². The molecule has 94 valence electrons. The fraction of sp³-hybridized carbons (Fsp3) is 0.571. The van der Waals surface area contributed by atoms with Gasteiger partial charge in [0.05, 0.1) is 6.10 Å². The van der Waals surface area contributed by atoms with Gasteiger partial charge in [-0.15, -0.1) is 0 Å². The van der Waals surface area contributed by atoms with Gasteiger partial charge in [0.1, 0.15) is 0 Å². The standard InChI is InChI=1S/C14H22N2O/c1-11(17)14-13(9-15)7-8-16(14)10-12-5-3-2-4-6-12/h2-6,11,13-14,17H,7-10,15H2,1H3. The van der Waals surface area contributed by atoms with Gasteiger partial charge in [-0.2, -0.15) is 0 Å². The van der Waals surface area contributed by atoms with Gasteiger partial charge in [0.2, 0.25) is 0 Å². The van der Waals surface area contributed by atoms with Crippen LogP contribution in [0.5, 0.6) is 0 Å². The molecule has 0 spiro atoms. The van der Waals surface area contributed by atoms with E-state index in [1.807, 2.05) is 13.0 Å². The maximum atomic E-state index is 9.90. The first-order chi connectivity index (χ1) is 8.22. The van der Waals surface area contributed by atoms with E-state index in [0.29, 0.717) is 12.5 Å². The monoisotopic (exact) mass is 234 g/mol. The predicted molar refractivity (Wildman–Crippen MR) is 69.5 cm³/mol. The molecular weight excluding hydrogens is 212 g/mol. The summed E-state index contributed by atoms with van der Waals surface area (Å²) in [5.41, 5.74) is 7.08. The molecule has 1 saturated heterocycles. The van der Waals surface area contributed by atoms with Crippen molar-refractivity contribution < 1.29 is 5.11 Å². The van der Waals surface area contributed by atoms with Crippen molar-refractivity contribution in [2.45, 2.75) is 32.0 Å². The molecule has 3 atom stereocenters. The molecule has 0 aromatic heterocycles. The summed E-state index contributed by atoms with van der Waals surface area (Å²) in [5.74, 6) is 0.429. The normalized spacial score (nSPS) is 27.2. The zero-order valence-electron chi connectivity index (χ0n) is 10.4. The number of hydrogen-bond donors (Lipinski definition) is 2. The second-order valence-electron chi connectivity index (χ2n) is 4.97. The van der Waals surface area contributed by atoms with Crippen molar-refractivity contribution in [2.24, 2.45) is 11.7 Å². The lowest BCUT2D eigenvalue weighted by Gasteiger charge is -2.30. The van der Waals surface area contributed by atoms with Crippen molar-refractivity contribution in [3.8, 4) is 0 Å². The molecule has 1 aromatic carbocycles. The molecule has 1 heterocycles. The largest absolute Gasteiger partial charge is 0.392 e. The Morgan fingerprint density at radius 2 is 2.12 bits per heavy atom. The Labute approximate surface area is 103 Å². The van der Waals surface area contributed by atoms with E-state index in [0.717, 1.165) is 19.5 Å². The summed E-state index contributed by atoms with van der Waals surface area (Å²) in [6.07, 6.45) is 0.786. The Hall–Kier alpha value is -0.900. The summed E-state index contributed by atoms with van der Waals surface area (Å²) in [7, 11) is 0. The fourth-order valence-electron chi connectivity index (χ4n) is 2.91. The highest BCUT2D eigenvalue weighted by molar-refractivity contribution is 5.15. The fourth-order valence-corrected chi connectivity index (χ4v) is 2.91. The number of aliphatic hydroxyl groups is 1. The van der Waals surface area contributed by atoms with Crippen molar-refractivity contribution in [3.05, 3.63) is 35.9 Å². The van der Waals surface area contributed by atoms with Crippen LogP contribution < -0.4 is 5.73 Å². The molecule has 0 aliphatic carbocycles. The van der Waals surface area contributed by atoms with Crippen molar-refractivity contribution in [1.29, 1.82) is 0 Å².